The number of benzene rings is 1. The van der Waals surface area contributed by atoms with E-state index < -0.39 is 0 Å². The van der Waals surface area contributed by atoms with E-state index in [2.05, 4.69) is 30.1 Å². The molecule has 2 rings (SSSR count). The summed E-state index contributed by atoms with van der Waals surface area (Å²) in [5.74, 6) is 2.80. The molecule has 0 aliphatic heterocycles. The Hall–Kier alpha value is -2.15. The monoisotopic (exact) mass is 336 g/mol. The zero-order valence-corrected chi connectivity index (χ0v) is 14.7. The van der Waals surface area contributed by atoms with E-state index in [4.69, 9.17) is 18.6 Å². The molecule has 0 bridgehead atoms. The minimum absolute atomic E-state index is 0.406. The second-order valence-corrected chi connectivity index (χ2v) is 5.85. The maximum Gasteiger partial charge on any atom is 0.277 e. The predicted molar refractivity (Wildman–Crippen MR) is 89.5 cm³/mol. The first-order chi connectivity index (χ1) is 11.1. The number of hydrogen-bond donors (Lipinski definition) is 0. The summed E-state index contributed by atoms with van der Waals surface area (Å²) >= 11 is 1.49. The van der Waals surface area contributed by atoms with E-state index in [1.54, 1.807) is 33.5 Å². The highest BCUT2D eigenvalue weighted by atomic mass is 32.2. The average Bonchev–Trinajstić information content (AvgIpc) is 3.01. The van der Waals surface area contributed by atoms with Gasteiger partial charge in [-0.3, -0.25) is 0 Å². The fourth-order valence-electron chi connectivity index (χ4n) is 1.87. The van der Waals surface area contributed by atoms with Crippen molar-refractivity contribution in [2.24, 2.45) is 0 Å². The molecule has 0 saturated carbocycles. The molecule has 0 N–H and O–H groups in total. The molecule has 7 heteroatoms. The van der Waals surface area contributed by atoms with Crippen LogP contribution >= 0.6 is 11.8 Å². The van der Waals surface area contributed by atoms with Crippen molar-refractivity contribution in [3.8, 4) is 28.7 Å². The number of aromatic nitrogens is 2. The van der Waals surface area contributed by atoms with Crippen LogP contribution in [0.5, 0.6) is 17.2 Å². The minimum Gasteiger partial charge on any atom is -0.493 e. The molecule has 6 nitrogen and oxygen atoms in total. The Morgan fingerprint density at radius 3 is 2.26 bits per heavy atom. The van der Waals surface area contributed by atoms with Crippen LogP contribution in [0.25, 0.3) is 11.5 Å². The Labute approximate surface area is 139 Å². The molecule has 124 valence electrons. The Bertz CT molecular complexity index is 668. The molecule has 0 saturated heterocycles. The molecule has 0 amide bonds. The molecule has 0 unspecified atom stereocenters. The fourth-order valence-corrected chi connectivity index (χ4v) is 2.66. The Kier molecular flexibility index (Phi) is 5.92. The van der Waals surface area contributed by atoms with Gasteiger partial charge in [0.1, 0.15) is 0 Å². The molecule has 0 spiro atoms. The molecule has 2 aromatic rings. The number of hydrogen-bond acceptors (Lipinski definition) is 7. The second-order valence-electron chi connectivity index (χ2n) is 4.88. The van der Waals surface area contributed by atoms with Crippen molar-refractivity contribution in [1.82, 2.24) is 10.2 Å². The van der Waals surface area contributed by atoms with Gasteiger partial charge >= 0.3 is 0 Å². The maximum atomic E-state index is 5.68. The molecule has 0 atom stereocenters. The first kappa shape index (κ1) is 17.2. The van der Waals surface area contributed by atoms with Crippen molar-refractivity contribution in [2.45, 2.75) is 19.1 Å². The molecule has 1 aromatic carbocycles. The van der Waals surface area contributed by atoms with Gasteiger partial charge in [0.15, 0.2) is 11.5 Å². The molecular formula is C16H20N2O4S. The average molecular weight is 336 g/mol. The number of ether oxygens (including phenoxy) is 3. The standard InChI is InChI=1S/C16H20N2O4S/c1-10(2)6-7-23-16-18-17-15(22-16)11-8-12(19-3)14(21-5)13(9-11)20-4/h6,8-9H,7H2,1-5H3. The van der Waals surface area contributed by atoms with Crippen LogP contribution in [-0.2, 0) is 0 Å². The summed E-state index contributed by atoms with van der Waals surface area (Å²) in [5.41, 5.74) is 1.96. The molecule has 0 aliphatic rings. The first-order valence-electron chi connectivity index (χ1n) is 6.99. The van der Waals surface area contributed by atoms with Gasteiger partial charge in [-0.15, -0.1) is 10.2 Å². The lowest BCUT2D eigenvalue weighted by molar-refractivity contribution is 0.324. The van der Waals surface area contributed by atoms with E-state index in [1.807, 2.05) is 0 Å². The predicted octanol–water partition coefficient (Wildman–Crippen LogP) is 3.82. The van der Waals surface area contributed by atoms with Crippen molar-refractivity contribution in [2.75, 3.05) is 27.1 Å². The number of thioether (sulfide) groups is 1. The van der Waals surface area contributed by atoms with Crippen molar-refractivity contribution in [3.63, 3.8) is 0 Å². The third-order valence-electron chi connectivity index (χ3n) is 3.02. The smallest absolute Gasteiger partial charge is 0.277 e. The van der Waals surface area contributed by atoms with Gasteiger partial charge in [0.2, 0.25) is 11.6 Å². The molecular weight excluding hydrogens is 316 g/mol. The van der Waals surface area contributed by atoms with Gasteiger partial charge in [0.05, 0.1) is 21.3 Å². The second kappa shape index (κ2) is 7.92. The molecule has 0 radical (unpaired) electrons. The topological polar surface area (TPSA) is 66.6 Å². The van der Waals surface area contributed by atoms with Gasteiger partial charge in [-0.2, -0.15) is 0 Å². The summed E-state index contributed by atoms with van der Waals surface area (Å²) in [6.07, 6.45) is 2.11. The van der Waals surface area contributed by atoms with Crippen LogP contribution in [0.4, 0.5) is 0 Å². The molecule has 1 heterocycles. The third kappa shape index (κ3) is 4.19. The normalized spacial score (nSPS) is 10.3. The van der Waals surface area contributed by atoms with E-state index in [1.165, 1.54) is 17.3 Å². The summed E-state index contributed by atoms with van der Waals surface area (Å²) in [5, 5.41) is 8.65. The Morgan fingerprint density at radius 2 is 1.74 bits per heavy atom. The van der Waals surface area contributed by atoms with Crippen LogP contribution in [0.15, 0.2) is 33.4 Å². The lowest BCUT2D eigenvalue weighted by atomic mass is 10.2. The summed E-state index contributed by atoms with van der Waals surface area (Å²) in [6.45, 7) is 4.10. The third-order valence-corrected chi connectivity index (χ3v) is 3.76. The van der Waals surface area contributed by atoms with E-state index in [9.17, 15) is 0 Å². The Balaban J connectivity index is 2.28. The van der Waals surface area contributed by atoms with Crippen LogP contribution in [0, 0.1) is 0 Å². The fraction of sp³-hybridized carbons (Fsp3) is 0.375. The molecule has 1 aromatic heterocycles. The van der Waals surface area contributed by atoms with Gasteiger partial charge < -0.3 is 18.6 Å². The molecule has 23 heavy (non-hydrogen) atoms. The highest BCUT2D eigenvalue weighted by Crippen LogP contribution is 2.41. The zero-order chi connectivity index (χ0) is 16.8. The number of nitrogens with zero attached hydrogens (tertiary/aromatic N) is 2. The van der Waals surface area contributed by atoms with E-state index in [-0.39, 0.29) is 0 Å². The van der Waals surface area contributed by atoms with E-state index >= 15 is 0 Å². The van der Waals surface area contributed by atoms with Crippen molar-refractivity contribution in [1.29, 1.82) is 0 Å². The number of rotatable bonds is 7. The lowest BCUT2D eigenvalue weighted by Crippen LogP contribution is -1.95. The highest BCUT2D eigenvalue weighted by molar-refractivity contribution is 7.99. The summed E-state index contributed by atoms with van der Waals surface area (Å²) < 4.78 is 21.6. The quantitative estimate of drug-likeness (QED) is 0.562. The maximum absolute atomic E-state index is 5.68. The van der Waals surface area contributed by atoms with Gasteiger partial charge in [-0.1, -0.05) is 23.4 Å². The van der Waals surface area contributed by atoms with Gasteiger partial charge in [0, 0.05) is 11.3 Å². The highest BCUT2D eigenvalue weighted by Gasteiger charge is 2.17. The van der Waals surface area contributed by atoms with Gasteiger partial charge in [-0.05, 0) is 26.0 Å². The molecule has 0 aliphatic carbocycles. The molecule has 0 fully saturated rings. The van der Waals surface area contributed by atoms with Gasteiger partial charge in [-0.25, -0.2) is 0 Å². The Morgan fingerprint density at radius 1 is 1.09 bits per heavy atom. The minimum atomic E-state index is 0.406. The van der Waals surface area contributed by atoms with Crippen molar-refractivity contribution in [3.05, 3.63) is 23.8 Å². The van der Waals surface area contributed by atoms with Crippen molar-refractivity contribution < 1.29 is 18.6 Å². The van der Waals surface area contributed by atoms with E-state index in [0.29, 0.717) is 33.9 Å². The lowest BCUT2D eigenvalue weighted by Gasteiger charge is -2.12. The summed E-state index contributed by atoms with van der Waals surface area (Å²) in [7, 11) is 4.69. The van der Waals surface area contributed by atoms with Crippen LogP contribution in [0.3, 0.4) is 0 Å². The van der Waals surface area contributed by atoms with E-state index in [0.717, 1.165) is 5.75 Å². The SMILES string of the molecule is COc1cc(-c2nnc(SCC=C(C)C)o2)cc(OC)c1OC. The van der Waals surface area contributed by atoms with Gasteiger partial charge in [0.25, 0.3) is 5.22 Å². The van der Waals surface area contributed by atoms with Crippen LogP contribution in [0.1, 0.15) is 13.8 Å². The number of allylic oxidation sites excluding steroid dienone is 1. The van der Waals surface area contributed by atoms with Crippen LogP contribution < -0.4 is 14.2 Å². The van der Waals surface area contributed by atoms with Crippen LogP contribution in [-0.4, -0.2) is 37.3 Å². The van der Waals surface area contributed by atoms with Crippen molar-refractivity contribution >= 4 is 11.8 Å². The summed E-state index contributed by atoms with van der Waals surface area (Å²) in [6, 6.07) is 3.55. The zero-order valence-electron chi connectivity index (χ0n) is 13.9. The van der Waals surface area contributed by atoms with Crippen LogP contribution in [0.2, 0.25) is 0 Å². The summed E-state index contributed by atoms with van der Waals surface area (Å²) in [4.78, 5) is 0. The number of methoxy groups -OCH3 is 3. The first-order valence-corrected chi connectivity index (χ1v) is 7.97. The largest absolute Gasteiger partial charge is 0.493 e.